The first kappa shape index (κ1) is 16.3. The molecule has 0 amide bonds. The molecule has 2 rings (SSSR count). The van der Waals surface area contributed by atoms with Crippen LogP contribution in [0.3, 0.4) is 0 Å². The molecule has 4 heteroatoms. The van der Waals surface area contributed by atoms with E-state index in [1.807, 2.05) is 24.3 Å². The third kappa shape index (κ3) is 4.73. The predicted molar refractivity (Wildman–Crippen MR) is 95.1 cm³/mol. The Morgan fingerprint density at radius 1 is 1.19 bits per heavy atom. The number of rotatable bonds is 6. The molecule has 0 aliphatic carbocycles. The quantitative estimate of drug-likeness (QED) is 0.751. The molecule has 0 fully saturated rings. The largest absolute Gasteiger partial charge is 0.381 e. The Balaban J connectivity index is 2.01. The van der Waals surface area contributed by atoms with Gasteiger partial charge in [-0.15, -0.1) is 0 Å². The normalized spacial score (nSPS) is 13.7. The molecule has 0 saturated carbocycles. The van der Waals surface area contributed by atoms with E-state index in [1.54, 1.807) is 0 Å². The monoisotopic (exact) mass is 366 g/mol. The van der Waals surface area contributed by atoms with Gasteiger partial charge in [0.2, 0.25) is 0 Å². The highest BCUT2D eigenvalue weighted by Gasteiger charge is 2.13. The molecule has 2 aromatic carbocycles. The van der Waals surface area contributed by atoms with Crippen molar-refractivity contribution in [3.05, 3.63) is 63.6 Å². The Labute approximate surface area is 139 Å². The van der Waals surface area contributed by atoms with Gasteiger partial charge in [0, 0.05) is 22.7 Å². The molecule has 0 aromatic heterocycles. The van der Waals surface area contributed by atoms with Crippen LogP contribution in [-0.4, -0.2) is 12.6 Å². The maximum atomic E-state index is 6.02. The first-order valence-corrected chi connectivity index (χ1v) is 8.24. The molecule has 21 heavy (non-hydrogen) atoms. The summed E-state index contributed by atoms with van der Waals surface area (Å²) in [6, 6.07) is 16.6. The molecule has 0 bridgehead atoms. The number of hydrogen-bond donors (Lipinski definition) is 2. The standard InChI is InChI=1S/C17H20BrClN2/c1-12(13-5-3-2-4-6-13)9-15(11-20)21-14-7-8-17(19)16(18)10-14/h2-8,10,12,15,21H,9,11,20H2,1H3. The van der Waals surface area contributed by atoms with Crippen molar-refractivity contribution in [1.29, 1.82) is 0 Å². The average molecular weight is 368 g/mol. The van der Waals surface area contributed by atoms with Gasteiger partial charge in [-0.25, -0.2) is 0 Å². The van der Waals surface area contributed by atoms with Gasteiger partial charge < -0.3 is 11.1 Å². The van der Waals surface area contributed by atoms with Gasteiger partial charge in [-0.1, -0.05) is 48.9 Å². The summed E-state index contributed by atoms with van der Waals surface area (Å²) in [4.78, 5) is 0. The average Bonchev–Trinajstić information content (AvgIpc) is 2.51. The van der Waals surface area contributed by atoms with Crippen molar-refractivity contribution in [3.63, 3.8) is 0 Å². The molecular formula is C17H20BrClN2. The van der Waals surface area contributed by atoms with Crippen LogP contribution < -0.4 is 11.1 Å². The van der Waals surface area contributed by atoms with Crippen LogP contribution in [0.5, 0.6) is 0 Å². The number of benzene rings is 2. The molecule has 2 aromatic rings. The zero-order chi connectivity index (χ0) is 15.2. The fourth-order valence-electron chi connectivity index (χ4n) is 2.38. The van der Waals surface area contributed by atoms with Crippen LogP contribution in [0, 0.1) is 0 Å². The maximum absolute atomic E-state index is 6.02. The number of nitrogens with two attached hydrogens (primary N) is 1. The second-order valence-corrected chi connectivity index (χ2v) is 6.51. The van der Waals surface area contributed by atoms with E-state index in [9.17, 15) is 0 Å². The summed E-state index contributed by atoms with van der Waals surface area (Å²) in [5.41, 5.74) is 8.29. The molecular weight excluding hydrogens is 348 g/mol. The Morgan fingerprint density at radius 2 is 1.90 bits per heavy atom. The summed E-state index contributed by atoms with van der Waals surface area (Å²) in [5, 5.41) is 4.19. The van der Waals surface area contributed by atoms with Gasteiger partial charge in [-0.2, -0.15) is 0 Å². The molecule has 3 N–H and O–H groups in total. The van der Waals surface area contributed by atoms with Crippen LogP contribution in [0.15, 0.2) is 53.0 Å². The molecule has 2 unspecified atom stereocenters. The van der Waals surface area contributed by atoms with Gasteiger partial charge in [0.1, 0.15) is 0 Å². The zero-order valence-electron chi connectivity index (χ0n) is 12.0. The minimum atomic E-state index is 0.230. The first-order valence-electron chi connectivity index (χ1n) is 7.06. The van der Waals surface area contributed by atoms with Crippen molar-refractivity contribution < 1.29 is 0 Å². The van der Waals surface area contributed by atoms with Crippen LogP contribution in [0.25, 0.3) is 0 Å². The molecule has 112 valence electrons. The van der Waals surface area contributed by atoms with Crippen LogP contribution in [-0.2, 0) is 0 Å². The summed E-state index contributed by atoms with van der Waals surface area (Å²) in [6.45, 7) is 2.83. The van der Waals surface area contributed by atoms with Crippen molar-refractivity contribution >= 4 is 33.2 Å². The van der Waals surface area contributed by atoms with Crippen molar-refractivity contribution in [2.24, 2.45) is 5.73 Å². The Hall–Kier alpha value is -1.03. The van der Waals surface area contributed by atoms with E-state index in [4.69, 9.17) is 17.3 Å². The third-order valence-corrected chi connectivity index (χ3v) is 4.80. The fraction of sp³-hybridized carbons (Fsp3) is 0.294. The van der Waals surface area contributed by atoms with E-state index in [-0.39, 0.29) is 6.04 Å². The fourth-order valence-corrected chi connectivity index (χ4v) is 2.88. The van der Waals surface area contributed by atoms with Gasteiger partial charge in [-0.3, -0.25) is 0 Å². The number of nitrogens with one attached hydrogen (secondary N) is 1. The smallest absolute Gasteiger partial charge is 0.0549 e. The minimum Gasteiger partial charge on any atom is -0.381 e. The van der Waals surface area contributed by atoms with Crippen LogP contribution in [0.1, 0.15) is 24.8 Å². The summed E-state index contributed by atoms with van der Waals surface area (Å²) in [6.07, 6.45) is 0.987. The van der Waals surface area contributed by atoms with Crippen molar-refractivity contribution in [1.82, 2.24) is 0 Å². The second kappa shape index (κ2) is 7.83. The van der Waals surface area contributed by atoms with Crippen molar-refractivity contribution in [2.75, 3.05) is 11.9 Å². The van der Waals surface area contributed by atoms with Gasteiger partial charge in [0.25, 0.3) is 0 Å². The second-order valence-electron chi connectivity index (χ2n) is 5.25. The highest BCUT2D eigenvalue weighted by Crippen LogP contribution is 2.27. The molecule has 2 atom stereocenters. The van der Waals surface area contributed by atoms with Gasteiger partial charge in [0.15, 0.2) is 0 Å². The lowest BCUT2D eigenvalue weighted by molar-refractivity contribution is 0.586. The van der Waals surface area contributed by atoms with Crippen LogP contribution in [0.4, 0.5) is 5.69 Å². The maximum Gasteiger partial charge on any atom is 0.0549 e. The predicted octanol–water partition coefficient (Wildman–Crippen LogP) is 5.04. The van der Waals surface area contributed by atoms with E-state index >= 15 is 0 Å². The van der Waals surface area contributed by atoms with Crippen molar-refractivity contribution in [2.45, 2.75) is 25.3 Å². The van der Waals surface area contributed by atoms with E-state index in [0.29, 0.717) is 17.5 Å². The Morgan fingerprint density at radius 3 is 2.52 bits per heavy atom. The van der Waals surface area contributed by atoms with Crippen LogP contribution >= 0.6 is 27.5 Å². The highest BCUT2D eigenvalue weighted by atomic mass is 79.9. The lowest BCUT2D eigenvalue weighted by Crippen LogP contribution is -2.30. The van der Waals surface area contributed by atoms with E-state index in [1.165, 1.54) is 5.56 Å². The SMILES string of the molecule is CC(CC(CN)Nc1ccc(Cl)c(Br)c1)c1ccccc1. The first-order chi connectivity index (χ1) is 10.1. The molecule has 2 nitrogen and oxygen atoms in total. The molecule has 0 aliphatic heterocycles. The molecule has 0 saturated heterocycles. The highest BCUT2D eigenvalue weighted by molar-refractivity contribution is 9.10. The summed E-state index contributed by atoms with van der Waals surface area (Å²) >= 11 is 9.46. The lowest BCUT2D eigenvalue weighted by atomic mass is 9.94. The Kier molecular flexibility index (Phi) is 6.09. The zero-order valence-corrected chi connectivity index (χ0v) is 14.4. The molecule has 0 heterocycles. The Bertz CT molecular complexity index is 574. The lowest BCUT2D eigenvalue weighted by Gasteiger charge is -2.22. The van der Waals surface area contributed by atoms with Crippen LogP contribution in [0.2, 0.25) is 5.02 Å². The van der Waals surface area contributed by atoms with E-state index in [0.717, 1.165) is 16.6 Å². The van der Waals surface area contributed by atoms with E-state index in [2.05, 4.69) is 52.4 Å². The van der Waals surface area contributed by atoms with Gasteiger partial charge >= 0.3 is 0 Å². The minimum absolute atomic E-state index is 0.230. The molecule has 0 spiro atoms. The molecule has 0 radical (unpaired) electrons. The summed E-state index contributed by atoms with van der Waals surface area (Å²) in [7, 11) is 0. The number of hydrogen-bond acceptors (Lipinski definition) is 2. The third-order valence-electron chi connectivity index (χ3n) is 3.58. The number of anilines is 1. The van der Waals surface area contributed by atoms with Crippen molar-refractivity contribution in [3.8, 4) is 0 Å². The van der Waals surface area contributed by atoms with Gasteiger partial charge in [-0.05, 0) is 52.0 Å². The van der Waals surface area contributed by atoms with Gasteiger partial charge in [0.05, 0.1) is 5.02 Å². The van der Waals surface area contributed by atoms with E-state index < -0.39 is 0 Å². The molecule has 0 aliphatic rings. The summed E-state index contributed by atoms with van der Waals surface area (Å²) < 4.78 is 0.890. The number of halogens is 2. The topological polar surface area (TPSA) is 38.0 Å². The summed E-state index contributed by atoms with van der Waals surface area (Å²) in [5.74, 6) is 0.461.